The highest BCUT2D eigenvalue weighted by atomic mass is 32.2. The van der Waals surface area contributed by atoms with E-state index in [1.807, 2.05) is 37.3 Å². The van der Waals surface area contributed by atoms with Crippen LogP contribution in [0.3, 0.4) is 0 Å². The Hall–Kier alpha value is -2.18. The molecular formula is C18H18N2O3S. The van der Waals surface area contributed by atoms with E-state index in [-0.39, 0.29) is 17.0 Å². The molecule has 0 N–H and O–H groups in total. The van der Waals surface area contributed by atoms with E-state index in [9.17, 15) is 8.42 Å². The van der Waals surface area contributed by atoms with Gasteiger partial charge in [-0.2, -0.15) is 17.9 Å². The summed E-state index contributed by atoms with van der Waals surface area (Å²) in [5, 5.41) is 4.45. The molecule has 2 atom stereocenters. The number of hydrazone groups is 1. The Morgan fingerprint density at radius 2 is 1.75 bits per heavy atom. The van der Waals surface area contributed by atoms with Crippen molar-refractivity contribution in [2.45, 2.75) is 30.4 Å². The molecule has 2 aromatic carbocycles. The molecule has 4 rings (SSSR count). The minimum atomic E-state index is -3.68. The lowest BCUT2D eigenvalue weighted by molar-refractivity contribution is 0.280. The minimum Gasteiger partial charge on any atom is -0.371 e. The largest absolute Gasteiger partial charge is 0.371 e. The van der Waals surface area contributed by atoms with Gasteiger partial charge in [0.25, 0.3) is 10.0 Å². The van der Waals surface area contributed by atoms with Crippen LogP contribution in [-0.2, 0) is 14.8 Å². The van der Waals surface area contributed by atoms with Crippen molar-refractivity contribution < 1.29 is 13.2 Å². The minimum absolute atomic E-state index is 0.0739. The van der Waals surface area contributed by atoms with Crippen LogP contribution in [0.2, 0.25) is 0 Å². The number of benzene rings is 2. The molecule has 1 fully saturated rings. The van der Waals surface area contributed by atoms with E-state index in [1.165, 1.54) is 4.41 Å². The fourth-order valence-corrected chi connectivity index (χ4v) is 4.39. The van der Waals surface area contributed by atoms with Gasteiger partial charge in [0.2, 0.25) is 0 Å². The summed E-state index contributed by atoms with van der Waals surface area (Å²) in [6.07, 6.45) is 0.495. The lowest BCUT2D eigenvalue weighted by Gasteiger charge is -2.21. The zero-order valence-electron chi connectivity index (χ0n) is 13.3. The zero-order chi connectivity index (χ0) is 16.7. The van der Waals surface area contributed by atoms with Crippen molar-refractivity contribution >= 4 is 15.7 Å². The summed E-state index contributed by atoms with van der Waals surface area (Å²) in [7, 11) is -3.68. The molecule has 0 amide bonds. The number of ether oxygens (including phenoxy) is 1. The third kappa shape index (κ3) is 2.72. The molecule has 2 aliphatic rings. The zero-order valence-corrected chi connectivity index (χ0v) is 14.1. The van der Waals surface area contributed by atoms with Gasteiger partial charge >= 0.3 is 0 Å². The second-order valence-electron chi connectivity index (χ2n) is 6.15. The van der Waals surface area contributed by atoms with Crippen LogP contribution in [0.5, 0.6) is 0 Å². The summed E-state index contributed by atoms with van der Waals surface area (Å²) >= 11 is 0. The highest BCUT2D eigenvalue weighted by molar-refractivity contribution is 7.89. The van der Waals surface area contributed by atoms with E-state index in [0.29, 0.717) is 13.0 Å². The van der Waals surface area contributed by atoms with Crippen LogP contribution in [0.25, 0.3) is 0 Å². The van der Waals surface area contributed by atoms with Crippen LogP contribution in [0, 0.1) is 6.92 Å². The van der Waals surface area contributed by atoms with Crippen molar-refractivity contribution in [2.75, 3.05) is 6.61 Å². The van der Waals surface area contributed by atoms with E-state index in [2.05, 4.69) is 5.10 Å². The first-order chi connectivity index (χ1) is 11.6. The van der Waals surface area contributed by atoms with Gasteiger partial charge in [0.15, 0.2) is 0 Å². The van der Waals surface area contributed by atoms with Crippen LogP contribution in [0.4, 0.5) is 0 Å². The molecule has 5 nitrogen and oxygen atoms in total. The quantitative estimate of drug-likeness (QED) is 0.802. The second kappa shape index (κ2) is 5.72. The standard InChI is InChI=1S/C18H18N2O3S/c1-13-7-9-15(10-8-13)24(21,22)20-17(18-12-23-18)11-16(19-20)14-5-3-2-4-6-14/h2-10,17-18H,11-12H2,1H3/t17-,18+/m1/s1. The lowest BCUT2D eigenvalue weighted by atomic mass is 10.0. The number of rotatable bonds is 4. The van der Waals surface area contributed by atoms with Gasteiger partial charge in [-0.15, -0.1) is 0 Å². The predicted molar refractivity (Wildman–Crippen MR) is 91.3 cm³/mol. The molecule has 0 aromatic heterocycles. The number of epoxide rings is 1. The van der Waals surface area contributed by atoms with E-state index in [1.54, 1.807) is 24.3 Å². The molecular weight excluding hydrogens is 324 g/mol. The van der Waals surface area contributed by atoms with Crippen molar-refractivity contribution in [3.8, 4) is 0 Å². The average Bonchev–Trinajstić information content (AvgIpc) is 3.34. The molecule has 2 aromatic rings. The second-order valence-corrected chi connectivity index (χ2v) is 7.94. The van der Waals surface area contributed by atoms with Crippen molar-refractivity contribution in [3.63, 3.8) is 0 Å². The van der Waals surface area contributed by atoms with Crippen LogP contribution >= 0.6 is 0 Å². The molecule has 0 bridgehead atoms. The summed E-state index contributed by atoms with van der Waals surface area (Å²) in [6.45, 7) is 2.51. The first-order valence-electron chi connectivity index (χ1n) is 7.91. The maximum atomic E-state index is 13.0. The Morgan fingerprint density at radius 3 is 2.38 bits per heavy atom. The van der Waals surface area contributed by atoms with E-state index in [4.69, 9.17) is 4.74 Å². The Morgan fingerprint density at radius 1 is 1.08 bits per heavy atom. The lowest BCUT2D eigenvalue weighted by Crippen LogP contribution is -2.36. The van der Waals surface area contributed by atoms with Crippen molar-refractivity contribution in [2.24, 2.45) is 5.10 Å². The van der Waals surface area contributed by atoms with Gasteiger partial charge in [0.05, 0.1) is 23.3 Å². The molecule has 1 saturated heterocycles. The summed E-state index contributed by atoms with van der Waals surface area (Å²) in [5.41, 5.74) is 2.75. The highest BCUT2D eigenvalue weighted by Gasteiger charge is 2.46. The van der Waals surface area contributed by atoms with Crippen LogP contribution in [0.15, 0.2) is 64.6 Å². The molecule has 2 aliphatic heterocycles. The smallest absolute Gasteiger partial charge is 0.279 e. The van der Waals surface area contributed by atoms with E-state index in [0.717, 1.165) is 16.8 Å². The van der Waals surface area contributed by atoms with Gasteiger partial charge in [-0.1, -0.05) is 48.0 Å². The maximum absolute atomic E-state index is 13.0. The summed E-state index contributed by atoms with van der Waals surface area (Å²) in [4.78, 5) is 0.261. The third-order valence-electron chi connectivity index (χ3n) is 4.37. The number of nitrogens with zero attached hydrogens (tertiary/aromatic N) is 2. The third-order valence-corrected chi connectivity index (χ3v) is 6.08. The normalized spacial score (nSPS) is 23.2. The Balaban J connectivity index is 1.73. The van der Waals surface area contributed by atoms with Crippen LogP contribution < -0.4 is 0 Å². The molecule has 0 spiro atoms. The van der Waals surface area contributed by atoms with Crippen molar-refractivity contribution in [1.82, 2.24) is 4.41 Å². The SMILES string of the molecule is Cc1ccc(S(=O)(=O)N2N=C(c3ccccc3)C[C@@H]2[C@@H]2CO2)cc1. The van der Waals surface area contributed by atoms with Gasteiger partial charge in [0, 0.05) is 6.42 Å². The number of hydrogen-bond acceptors (Lipinski definition) is 4. The first-order valence-corrected chi connectivity index (χ1v) is 9.35. The van der Waals surface area contributed by atoms with Gasteiger partial charge in [-0.25, -0.2) is 0 Å². The fourth-order valence-electron chi connectivity index (χ4n) is 2.92. The van der Waals surface area contributed by atoms with Gasteiger partial charge < -0.3 is 4.74 Å². The number of hydrogen-bond donors (Lipinski definition) is 0. The van der Waals surface area contributed by atoms with Gasteiger partial charge in [0.1, 0.15) is 6.10 Å². The number of aryl methyl sites for hydroxylation is 1. The Labute approximate surface area is 141 Å². The fraction of sp³-hybridized carbons (Fsp3) is 0.278. The molecule has 24 heavy (non-hydrogen) atoms. The summed E-state index contributed by atoms with van der Waals surface area (Å²) in [5.74, 6) is 0. The first kappa shape index (κ1) is 15.4. The monoisotopic (exact) mass is 342 g/mol. The van der Waals surface area contributed by atoms with Gasteiger partial charge in [-0.3, -0.25) is 0 Å². The molecule has 124 valence electrons. The van der Waals surface area contributed by atoms with E-state index < -0.39 is 10.0 Å². The average molecular weight is 342 g/mol. The van der Waals surface area contributed by atoms with Crippen LogP contribution in [0.1, 0.15) is 17.5 Å². The molecule has 2 heterocycles. The van der Waals surface area contributed by atoms with Gasteiger partial charge in [-0.05, 0) is 24.6 Å². The Bertz CT molecular complexity index is 872. The Kier molecular flexibility index (Phi) is 3.66. The predicted octanol–water partition coefficient (Wildman–Crippen LogP) is 2.56. The number of sulfonamides is 1. The molecule has 0 unspecified atom stereocenters. The summed E-state index contributed by atoms with van der Waals surface area (Å²) in [6, 6.07) is 16.3. The van der Waals surface area contributed by atoms with Crippen LogP contribution in [-0.4, -0.2) is 37.3 Å². The molecule has 0 saturated carbocycles. The van der Waals surface area contributed by atoms with E-state index >= 15 is 0 Å². The molecule has 0 radical (unpaired) electrons. The maximum Gasteiger partial charge on any atom is 0.279 e. The van der Waals surface area contributed by atoms with Crippen molar-refractivity contribution in [3.05, 3.63) is 65.7 Å². The molecule has 0 aliphatic carbocycles. The highest BCUT2D eigenvalue weighted by Crippen LogP contribution is 2.33. The summed E-state index contributed by atoms with van der Waals surface area (Å²) < 4.78 is 32.7. The molecule has 6 heteroatoms. The van der Waals surface area contributed by atoms with Crippen molar-refractivity contribution in [1.29, 1.82) is 0 Å². The topological polar surface area (TPSA) is 62.3 Å².